The Morgan fingerprint density at radius 2 is 1.86 bits per heavy atom. The van der Waals surface area contributed by atoms with Gasteiger partial charge in [-0.05, 0) is 10.8 Å². The van der Waals surface area contributed by atoms with E-state index in [0.717, 1.165) is 33.4 Å². The molecular weight excluding hydrogens is 320 g/mol. The lowest BCUT2D eigenvalue weighted by Gasteiger charge is -2.02. The van der Waals surface area contributed by atoms with E-state index in [1.165, 1.54) is 4.52 Å². The number of nitrogens with zero attached hydrogens (tertiary/aromatic N) is 3. The van der Waals surface area contributed by atoms with Gasteiger partial charge in [0.15, 0.2) is 0 Å². The Hall–Kier alpha value is -2.29. The Balaban J connectivity index is 1.92. The van der Waals surface area contributed by atoms with Crippen molar-refractivity contribution >= 4 is 37.1 Å². The van der Waals surface area contributed by atoms with Crippen molar-refractivity contribution in [1.29, 1.82) is 0 Å². The standard InChI is InChI=1S/C14H10N4O2S2/c15-22(19,20)14-17-18-8-12(16-13(18)21-14)11-7-3-5-9-4-1-2-6-10(9)11/h1-8H,(H2,15,19,20). The third-order valence-electron chi connectivity index (χ3n) is 3.33. The van der Waals surface area contributed by atoms with Crippen LogP contribution in [0.15, 0.2) is 53.0 Å². The first kappa shape index (κ1) is 13.4. The number of fused-ring (bicyclic) bond motifs is 2. The van der Waals surface area contributed by atoms with Gasteiger partial charge in [-0.2, -0.15) is 0 Å². The zero-order valence-electron chi connectivity index (χ0n) is 11.2. The van der Waals surface area contributed by atoms with Crippen molar-refractivity contribution in [2.75, 3.05) is 0 Å². The number of imidazole rings is 1. The van der Waals surface area contributed by atoms with E-state index < -0.39 is 10.0 Å². The number of aromatic nitrogens is 3. The monoisotopic (exact) mass is 330 g/mol. The summed E-state index contributed by atoms with van der Waals surface area (Å²) in [6, 6.07) is 14.0. The van der Waals surface area contributed by atoms with Crippen molar-refractivity contribution in [2.45, 2.75) is 4.34 Å². The van der Waals surface area contributed by atoms with Gasteiger partial charge in [0.2, 0.25) is 9.30 Å². The zero-order valence-corrected chi connectivity index (χ0v) is 12.8. The average Bonchev–Trinajstić information content (AvgIpc) is 3.04. The van der Waals surface area contributed by atoms with Gasteiger partial charge in [0, 0.05) is 5.56 Å². The molecule has 22 heavy (non-hydrogen) atoms. The lowest BCUT2D eigenvalue weighted by atomic mass is 10.0. The molecule has 4 rings (SSSR count). The van der Waals surface area contributed by atoms with Crippen LogP contribution >= 0.6 is 11.3 Å². The first-order chi connectivity index (χ1) is 10.5. The van der Waals surface area contributed by atoms with Crippen LogP contribution in [0, 0.1) is 0 Å². The molecule has 0 radical (unpaired) electrons. The normalized spacial score (nSPS) is 12.2. The SMILES string of the molecule is NS(=O)(=O)c1nn2cc(-c3cccc4ccccc34)nc2s1. The van der Waals surface area contributed by atoms with Crippen molar-refractivity contribution in [3.8, 4) is 11.3 Å². The molecule has 0 spiro atoms. The van der Waals surface area contributed by atoms with Gasteiger partial charge >= 0.3 is 0 Å². The molecule has 0 aliphatic carbocycles. The molecule has 0 atom stereocenters. The Morgan fingerprint density at radius 1 is 1.09 bits per heavy atom. The third kappa shape index (κ3) is 2.08. The molecule has 2 aromatic heterocycles. The van der Waals surface area contributed by atoms with Gasteiger partial charge in [-0.1, -0.05) is 53.8 Å². The molecule has 2 heterocycles. The summed E-state index contributed by atoms with van der Waals surface area (Å²) in [6.45, 7) is 0. The average molecular weight is 330 g/mol. The van der Waals surface area contributed by atoms with E-state index in [1.807, 2.05) is 42.5 Å². The molecule has 110 valence electrons. The highest BCUT2D eigenvalue weighted by molar-refractivity contribution is 7.91. The summed E-state index contributed by atoms with van der Waals surface area (Å²) in [5.41, 5.74) is 1.73. The van der Waals surface area contributed by atoms with E-state index >= 15 is 0 Å². The summed E-state index contributed by atoms with van der Waals surface area (Å²) >= 11 is 0.953. The molecule has 0 unspecified atom stereocenters. The summed E-state index contributed by atoms with van der Waals surface area (Å²) in [5.74, 6) is 0. The fourth-order valence-electron chi connectivity index (χ4n) is 2.38. The minimum Gasteiger partial charge on any atom is -0.223 e. The van der Waals surface area contributed by atoms with E-state index in [1.54, 1.807) is 6.20 Å². The van der Waals surface area contributed by atoms with Crippen LogP contribution in [0.5, 0.6) is 0 Å². The molecule has 0 aliphatic heterocycles. The van der Waals surface area contributed by atoms with Gasteiger partial charge in [-0.25, -0.2) is 23.1 Å². The van der Waals surface area contributed by atoms with Crippen molar-refractivity contribution in [3.63, 3.8) is 0 Å². The highest BCUT2D eigenvalue weighted by Gasteiger charge is 2.17. The van der Waals surface area contributed by atoms with Gasteiger partial charge < -0.3 is 0 Å². The lowest BCUT2D eigenvalue weighted by molar-refractivity contribution is 0.595. The van der Waals surface area contributed by atoms with Crippen LogP contribution < -0.4 is 5.14 Å². The highest BCUT2D eigenvalue weighted by Crippen LogP contribution is 2.29. The molecule has 0 saturated carbocycles. The smallest absolute Gasteiger partial charge is 0.223 e. The molecule has 0 bridgehead atoms. The van der Waals surface area contributed by atoms with Crippen LogP contribution in [0.2, 0.25) is 0 Å². The van der Waals surface area contributed by atoms with Gasteiger partial charge in [-0.3, -0.25) is 0 Å². The van der Waals surface area contributed by atoms with E-state index in [-0.39, 0.29) is 4.34 Å². The van der Waals surface area contributed by atoms with Crippen molar-refractivity contribution < 1.29 is 8.42 Å². The summed E-state index contributed by atoms with van der Waals surface area (Å²) in [6.07, 6.45) is 1.71. The molecule has 6 nitrogen and oxygen atoms in total. The number of primary sulfonamides is 1. The van der Waals surface area contributed by atoms with E-state index in [0.29, 0.717) is 4.96 Å². The topological polar surface area (TPSA) is 90.4 Å². The quantitative estimate of drug-likeness (QED) is 0.610. The van der Waals surface area contributed by atoms with Gasteiger partial charge in [0.25, 0.3) is 10.0 Å². The number of benzene rings is 2. The number of sulfonamides is 1. The molecule has 0 fully saturated rings. The summed E-state index contributed by atoms with van der Waals surface area (Å²) < 4.78 is 23.9. The van der Waals surface area contributed by atoms with Crippen LogP contribution in [0.3, 0.4) is 0 Å². The Kier molecular flexibility index (Phi) is 2.80. The minimum atomic E-state index is -3.80. The molecule has 8 heteroatoms. The minimum absolute atomic E-state index is 0.139. The molecule has 0 amide bonds. The summed E-state index contributed by atoms with van der Waals surface area (Å²) in [7, 11) is -3.80. The highest BCUT2D eigenvalue weighted by atomic mass is 32.2. The number of nitrogens with two attached hydrogens (primary N) is 1. The number of hydrogen-bond donors (Lipinski definition) is 1. The van der Waals surface area contributed by atoms with Gasteiger partial charge in [0.05, 0.1) is 11.9 Å². The second kappa shape index (κ2) is 4.60. The molecule has 2 aromatic carbocycles. The van der Waals surface area contributed by atoms with E-state index in [4.69, 9.17) is 5.14 Å². The van der Waals surface area contributed by atoms with Crippen LogP contribution in [-0.4, -0.2) is 23.0 Å². The number of hydrogen-bond acceptors (Lipinski definition) is 5. The second-order valence-corrected chi connectivity index (χ2v) is 7.48. The summed E-state index contributed by atoms with van der Waals surface area (Å²) in [5, 5.41) is 11.3. The maximum Gasteiger partial charge on any atom is 0.267 e. The van der Waals surface area contributed by atoms with Crippen LogP contribution in [0.4, 0.5) is 0 Å². The van der Waals surface area contributed by atoms with Crippen LogP contribution in [0.25, 0.3) is 27.0 Å². The summed E-state index contributed by atoms with van der Waals surface area (Å²) in [4.78, 5) is 4.96. The predicted octanol–water partition coefficient (Wildman–Crippen LogP) is 2.26. The van der Waals surface area contributed by atoms with Gasteiger partial charge in [0.1, 0.15) is 0 Å². The van der Waals surface area contributed by atoms with Crippen molar-refractivity contribution in [2.24, 2.45) is 5.14 Å². The molecule has 4 aromatic rings. The molecular formula is C14H10N4O2S2. The first-order valence-electron chi connectivity index (χ1n) is 6.39. The van der Waals surface area contributed by atoms with Crippen molar-refractivity contribution in [3.05, 3.63) is 48.7 Å². The van der Waals surface area contributed by atoms with Crippen LogP contribution in [-0.2, 0) is 10.0 Å². The maximum absolute atomic E-state index is 11.3. The second-order valence-electron chi connectivity index (χ2n) is 4.79. The predicted molar refractivity (Wildman–Crippen MR) is 85.2 cm³/mol. The fraction of sp³-hybridized carbons (Fsp3) is 0. The third-order valence-corrected chi connectivity index (χ3v) is 5.57. The molecule has 2 N–H and O–H groups in total. The van der Waals surface area contributed by atoms with E-state index in [9.17, 15) is 8.42 Å². The lowest BCUT2D eigenvalue weighted by Crippen LogP contribution is -2.12. The van der Waals surface area contributed by atoms with Gasteiger partial charge in [-0.15, -0.1) is 5.10 Å². The first-order valence-corrected chi connectivity index (χ1v) is 8.76. The Bertz CT molecular complexity index is 1080. The zero-order chi connectivity index (χ0) is 15.3. The largest absolute Gasteiger partial charge is 0.267 e. The fourth-order valence-corrected chi connectivity index (χ4v) is 3.88. The van der Waals surface area contributed by atoms with E-state index in [2.05, 4.69) is 10.1 Å². The Labute approximate surface area is 129 Å². The maximum atomic E-state index is 11.3. The Morgan fingerprint density at radius 3 is 2.64 bits per heavy atom. The molecule has 0 aliphatic rings. The van der Waals surface area contributed by atoms with Crippen LogP contribution in [0.1, 0.15) is 0 Å². The number of rotatable bonds is 2. The molecule has 0 saturated heterocycles. The van der Waals surface area contributed by atoms with Crippen molar-refractivity contribution in [1.82, 2.24) is 14.6 Å².